The highest BCUT2D eigenvalue weighted by Gasteiger charge is 2.27. The van der Waals surface area contributed by atoms with Gasteiger partial charge in [0, 0.05) is 14.2 Å². The van der Waals surface area contributed by atoms with Crippen molar-refractivity contribution in [2.75, 3.05) is 14.2 Å². The summed E-state index contributed by atoms with van der Waals surface area (Å²) in [6.07, 6.45) is 25.7. The Hall–Kier alpha value is 0.137. The van der Waals surface area contributed by atoms with Gasteiger partial charge in [-0.1, -0.05) is 122 Å². The van der Waals surface area contributed by atoms with Crippen LogP contribution in [-0.4, -0.2) is 22.8 Å². The maximum absolute atomic E-state index is 5.54. The molecule has 0 aliphatic carbocycles. The van der Waals surface area contributed by atoms with Gasteiger partial charge in [-0.15, -0.1) is 0 Å². The molecule has 0 saturated heterocycles. The minimum atomic E-state index is -1.81. The summed E-state index contributed by atoms with van der Waals surface area (Å²) in [4.78, 5) is 0. The molecule has 0 rings (SSSR count). The molecule has 0 aromatic carbocycles. The molecule has 0 fully saturated rings. The Labute approximate surface area is 167 Å². The molecule has 0 heterocycles. The third kappa shape index (κ3) is 17.5. The Morgan fingerprint density at radius 3 is 1.00 bits per heavy atom. The summed E-state index contributed by atoms with van der Waals surface area (Å²) in [5.41, 5.74) is 0. The summed E-state index contributed by atoms with van der Waals surface area (Å²) in [6.45, 7) is 4.46. The van der Waals surface area contributed by atoms with Gasteiger partial charge in [-0.3, -0.25) is 0 Å². The molecule has 0 N–H and O–H groups in total. The van der Waals surface area contributed by atoms with Gasteiger partial charge in [0.2, 0.25) is 0 Å². The van der Waals surface area contributed by atoms with E-state index in [0.717, 1.165) is 6.04 Å². The lowest BCUT2D eigenvalue weighted by Gasteiger charge is -2.22. The fourth-order valence-electron chi connectivity index (χ4n) is 3.64. The molecule has 0 bridgehead atoms. The fourth-order valence-corrected chi connectivity index (χ4v) is 5.10. The number of hydrogen-bond acceptors (Lipinski definition) is 2. The molecule has 0 radical (unpaired) electrons. The lowest BCUT2D eigenvalue weighted by Crippen LogP contribution is -2.35. The van der Waals surface area contributed by atoms with Crippen molar-refractivity contribution >= 4 is 8.56 Å². The maximum atomic E-state index is 5.54. The average molecular weight is 387 g/mol. The van der Waals surface area contributed by atoms with Crippen molar-refractivity contribution in [1.82, 2.24) is 0 Å². The molecule has 0 aromatic heterocycles. The summed E-state index contributed by atoms with van der Waals surface area (Å²) < 4.78 is 11.1. The number of unbranched alkanes of at least 4 members (excludes halogenated alkanes) is 17. The van der Waals surface area contributed by atoms with Gasteiger partial charge in [-0.2, -0.15) is 0 Å². The van der Waals surface area contributed by atoms with Crippen LogP contribution in [0.5, 0.6) is 0 Å². The van der Waals surface area contributed by atoms with Gasteiger partial charge in [0.25, 0.3) is 0 Å². The summed E-state index contributed by atoms with van der Waals surface area (Å²) in [5, 5.41) is 0. The van der Waals surface area contributed by atoms with Crippen molar-refractivity contribution in [3.05, 3.63) is 0 Å². The van der Waals surface area contributed by atoms with Crippen molar-refractivity contribution in [1.29, 1.82) is 0 Å². The molecule has 26 heavy (non-hydrogen) atoms. The van der Waals surface area contributed by atoms with Crippen LogP contribution in [0.1, 0.15) is 122 Å². The number of hydrogen-bond donors (Lipinski definition) is 0. The Morgan fingerprint density at radius 1 is 0.462 bits per heavy atom. The van der Waals surface area contributed by atoms with Gasteiger partial charge in [-0.05, 0) is 12.6 Å². The highest BCUT2D eigenvalue weighted by Crippen LogP contribution is 2.18. The van der Waals surface area contributed by atoms with Crippen LogP contribution in [0, 0.1) is 0 Å². The Balaban J connectivity index is 3.11. The van der Waals surface area contributed by atoms with E-state index >= 15 is 0 Å². The van der Waals surface area contributed by atoms with E-state index < -0.39 is 8.56 Å². The van der Waals surface area contributed by atoms with Crippen LogP contribution in [0.2, 0.25) is 12.6 Å². The quantitative estimate of drug-likeness (QED) is 0.146. The van der Waals surface area contributed by atoms with Crippen LogP contribution in [0.15, 0.2) is 0 Å². The zero-order chi connectivity index (χ0) is 19.3. The van der Waals surface area contributed by atoms with Crippen LogP contribution in [-0.2, 0) is 8.85 Å². The third-order valence-corrected chi connectivity index (χ3v) is 8.84. The Kier molecular flexibility index (Phi) is 20.0. The second kappa shape index (κ2) is 19.9. The van der Waals surface area contributed by atoms with Crippen molar-refractivity contribution in [2.24, 2.45) is 0 Å². The zero-order valence-corrected chi connectivity index (χ0v) is 19.8. The first-order chi connectivity index (χ1) is 12.7. The van der Waals surface area contributed by atoms with E-state index in [1.54, 1.807) is 14.2 Å². The van der Waals surface area contributed by atoms with E-state index in [2.05, 4.69) is 13.5 Å². The van der Waals surface area contributed by atoms with Gasteiger partial charge in [-0.25, -0.2) is 0 Å². The fraction of sp³-hybridized carbons (Fsp3) is 1.00. The normalized spacial score (nSPS) is 12.0. The first-order valence-corrected chi connectivity index (χ1v) is 14.3. The summed E-state index contributed by atoms with van der Waals surface area (Å²) >= 11 is 0. The Morgan fingerprint density at radius 2 is 0.731 bits per heavy atom. The third-order valence-electron chi connectivity index (χ3n) is 5.85. The van der Waals surface area contributed by atoms with E-state index in [1.165, 1.54) is 116 Å². The molecule has 0 spiro atoms. The first-order valence-electron chi connectivity index (χ1n) is 11.8. The molecule has 2 nitrogen and oxygen atoms in total. The SMILES string of the molecule is CCCCCCCCCCCCCCCCCCCC[Si](C)(OC)OC. The van der Waals surface area contributed by atoms with E-state index in [1.807, 2.05) is 0 Å². The molecule has 0 atom stereocenters. The molecule has 0 unspecified atom stereocenters. The monoisotopic (exact) mass is 386 g/mol. The summed E-state index contributed by atoms with van der Waals surface area (Å²) in [7, 11) is 1.78. The van der Waals surface area contributed by atoms with Crippen LogP contribution in [0.4, 0.5) is 0 Å². The lowest BCUT2D eigenvalue weighted by atomic mass is 10.0. The van der Waals surface area contributed by atoms with Gasteiger partial charge in [0.05, 0.1) is 0 Å². The predicted molar refractivity (Wildman–Crippen MR) is 119 cm³/mol. The van der Waals surface area contributed by atoms with Crippen molar-refractivity contribution in [3.63, 3.8) is 0 Å². The number of rotatable bonds is 21. The van der Waals surface area contributed by atoms with Crippen LogP contribution in [0.3, 0.4) is 0 Å². The largest absolute Gasteiger partial charge is 0.398 e. The van der Waals surface area contributed by atoms with Crippen LogP contribution in [0.25, 0.3) is 0 Å². The van der Waals surface area contributed by atoms with Crippen molar-refractivity contribution in [3.8, 4) is 0 Å². The van der Waals surface area contributed by atoms with Crippen molar-refractivity contribution in [2.45, 2.75) is 135 Å². The smallest absolute Gasteiger partial charge is 0.334 e. The first kappa shape index (κ1) is 26.1. The van der Waals surface area contributed by atoms with E-state index in [0.29, 0.717) is 0 Å². The van der Waals surface area contributed by atoms with Gasteiger partial charge in [0.1, 0.15) is 0 Å². The summed E-state index contributed by atoms with van der Waals surface area (Å²) in [5.74, 6) is 0. The second-order valence-electron chi connectivity index (χ2n) is 8.30. The molecular weight excluding hydrogens is 336 g/mol. The zero-order valence-electron chi connectivity index (χ0n) is 18.8. The van der Waals surface area contributed by atoms with E-state index in [9.17, 15) is 0 Å². The second-order valence-corrected chi connectivity index (χ2v) is 11.9. The molecule has 0 saturated carbocycles. The topological polar surface area (TPSA) is 18.5 Å². The molecule has 0 amide bonds. The van der Waals surface area contributed by atoms with Crippen LogP contribution >= 0.6 is 0 Å². The average Bonchev–Trinajstić information content (AvgIpc) is 2.66. The molecule has 3 heteroatoms. The van der Waals surface area contributed by atoms with E-state index in [4.69, 9.17) is 8.85 Å². The minimum absolute atomic E-state index is 1.14. The van der Waals surface area contributed by atoms with Crippen molar-refractivity contribution < 1.29 is 8.85 Å². The molecule has 0 aromatic rings. The van der Waals surface area contributed by atoms with Gasteiger partial charge >= 0.3 is 8.56 Å². The standard InChI is InChI=1S/C23H50O2Si/c1-5-6-7-8-9-10-11-12-13-14-15-16-17-18-19-20-21-22-23-26(4,24-2)25-3/h5-23H2,1-4H3. The molecule has 0 aliphatic rings. The molecule has 0 aliphatic heterocycles. The molecular formula is C23H50O2Si. The highest BCUT2D eigenvalue weighted by atomic mass is 28.4. The summed E-state index contributed by atoms with van der Waals surface area (Å²) in [6, 6.07) is 1.14. The maximum Gasteiger partial charge on any atom is 0.334 e. The van der Waals surface area contributed by atoms with E-state index in [-0.39, 0.29) is 0 Å². The van der Waals surface area contributed by atoms with Gasteiger partial charge < -0.3 is 8.85 Å². The molecule has 158 valence electrons. The minimum Gasteiger partial charge on any atom is -0.398 e. The lowest BCUT2D eigenvalue weighted by molar-refractivity contribution is 0.248. The predicted octanol–water partition coefficient (Wildman–Crippen LogP) is 8.39. The van der Waals surface area contributed by atoms with Gasteiger partial charge in [0.15, 0.2) is 0 Å². The Bertz CT molecular complexity index is 267. The van der Waals surface area contributed by atoms with Crippen LogP contribution < -0.4 is 0 Å². The highest BCUT2D eigenvalue weighted by molar-refractivity contribution is 6.65.